The zero-order valence-corrected chi connectivity index (χ0v) is 28.8. The molecule has 4 heterocycles. The largest absolute Gasteiger partial charge is 0.394 e. The maximum absolute atomic E-state index is 14.5. The smallest absolute Gasteiger partial charge is 0.289 e. The monoisotopic (exact) mass is 693 g/mol. The van der Waals surface area contributed by atoms with Gasteiger partial charge in [-0.1, -0.05) is 50.6 Å². The number of fused-ring (bicyclic) bond motifs is 2. The molecule has 3 aliphatic heterocycles. The van der Waals surface area contributed by atoms with Gasteiger partial charge in [-0.05, 0) is 37.2 Å². The Morgan fingerprint density at radius 1 is 0.940 bits per heavy atom. The summed E-state index contributed by atoms with van der Waals surface area (Å²) < 4.78 is 1.81. The van der Waals surface area contributed by atoms with Crippen LogP contribution < -0.4 is 21.3 Å². The number of aromatic nitrogens is 3. The quantitative estimate of drug-likeness (QED) is 0.239. The molecule has 0 spiro atoms. The van der Waals surface area contributed by atoms with Crippen molar-refractivity contribution in [2.45, 2.75) is 95.5 Å². The van der Waals surface area contributed by atoms with E-state index in [1.807, 2.05) is 32.0 Å². The maximum atomic E-state index is 14.5. The van der Waals surface area contributed by atoms with Gasteiger partial charge in [0.05, 0.1) is 13.2 Å². The fraction of sp³-hybridized carbons (Fsp3) is 0.588. The lowest BCUT2D eigenvalue weighted by Crippen LogP contribution is -2.58. The van der Waals surface area contributed by atoms with Gasteiger partial charge in [-0.3, -0.25) is 28.8 Å². The van der Waals surface area contributed by atoms with E-state index in [0.717, 1.165) is 35.6 Å². The molecule has 16 nitrogen and oxygen atoms in total. The number of amides is 6. The summed E-state index contributed by atoms with van der Waals surface area (Å²) >= 11 is 0. The van der Waals surface area contributed by atoms with Crippen molar-refractivity contribution in [1.82, 2.24) is 45.8 Å². The van der Waals surface area contributed by atoms with E-state index in [0.29, 0.717) is 13.0 Å². The van der Waals surface area contributed by atoms with Crippen molar-refractivity contribution >= 4 is 35.4 Å². The number of nitrogens with zero attached hydrogens (tertiary/aromatic N) is 5. The number of carbonyl (C=O) groups excluding carboxylic acids is 6. The second kappa shape index (κ2) is 16.2. The first kappa shape index (κ1) is 36.4. The molecule has 2 saturated heterocycles. The van der Waals surface area contributed by atoms with Gasteiger partial charge in [0.2, 0.25) is 35.4 Å². The minimum absolute atomic E-state index is 0.00545. The van der Waals surface area contributed by atoms with Gasteiger partial charge >= 0.3 is 0 Å². The number of hydrogen-bond acceptors (Lipinski definition) is 9. The van der Waals surface area contributed by atoms with Crippen molar-refractivity contribution in [3.8, 4) is 0 Å². The van der Waals surface area contributed by atoms with Gasteiger partial charge < -0.3 is 40.7 Å². The Balaban J connectivity index is 1.48. The standard InChI is InChI=1S/C34H47N9O7/c1-20(2)14-23-30(46)37-24(15-21-10-6-4-7-11-21)34(50)43-17-22(35-32(48)29-40-39-27-12-8-5-9-13-42(27)29)16-26(43)31(47)38-25(19-44)33(49)41(3)18-28(45)36-23/h4,6-7,10-11,20,22-26,44H,5,8-9,12-19H2,1-3H3,(H,35,48)(H,36,45)(H,37,46)(H,38,47)/t22-,23-,24-,25-,26-/m0/s1. The number of aliphatic hydroxyl groups is 1. The molecule has 3 aliphatic rings. The summed E-state index contributed by atoms with van der Waals surface area (Å²) in [7, 11) is 1.35. The van der Waals surface area contributed by atoms with Crippen LogP contribution in [-0.4, -0.2) is 122 Å². The van der Waals surface area contributed by atoms with Crippen molar-refractivity contribution in [3.63, 3.8) is 0 Å². The van der Waals surface area contributed by atoms with Crippen LogP contribution in [0.15, 0.2) is 30.3 Å². The Labute approximate surface area is 290 Å². The molecular formula is C34H47N9O7. The third-order valence-corrected chi connectivity index (χ3v) is 9.34. The minimum Gasteiger partial charge on any atom is -0.394 e. The van der Waals surface area contributed by atoms with Crippen molar-refractivity contribution < 1.29 is 33.9 Å². The predicted octanol–water partition coefficient (Wildman–Crippen LogP) is -1.09. The first-order valence-corrected chi connectivity index (χ1v) is 17.3. The van der Waals surface area contributed by atoms with E-state index in [2.05, 4.69) is 31.5 Å². The SMILES string of the molecule is CC(C)C[C@@H]1NC(=O)CN(C)C(=O)[C@H](CO)NC(=O)[C@@H]2C[C@H](NC(=O)c3nnc4n3CCCCC4)CN2C(=O)[C@H](Cc2ccccc2)NC1=O. The second-order valence-electron chi connectivity index (χ2n) is 13.8. The fourth-order valence-electron chi connectivity index (χ4n) is 6.81. The second-order valence-corrected chi connectivity index (χ2v) is 13.8. The highest BCUT2D eigenvalue weighted by atomic mass is 16.3. The number of nitrogens with one attached hydrogen (secondary N) is 4. The van der Waals surface area contributed by atoms with E-state index >= 15 is 0 Å². The van der Waals surface area contributed by atoms with Crippen LogP contribution in [0.3, 0.4) is 0 Å². The molecule has 0 saturated carbocycles. The number of hydrogen-bond donors (Lipinski definition) is 5. The van der Waals surface area contributed by atoms with Gasteiger partial charge in [-0.15, -0.1) is 10.2 Å². The van der Waals surface area contributed by atoms with E-state index < -0.39 is 78.8 Å². The summed E-state index contributed by atoms with van der Waals surface area (Å²) in [5.41, 5.74) is 0.749. The normalized spacial score (nSPS) is 25.5. The molecule has 0 bridgehead atoms. The van der Waals surface area contributed by atoms with Gasteiger partial charge in [0.15, 0.2) is 0 Å². The molecule has 5 rings (SSSR count). The number of aryl methyl sites for hydroxylation is 1. The fourth-order valence-corrected chi connectivity index (χ4v) is 6.81. The number of likely N-dealkylation sites (N-methyl/N-ethyl adjacent to an activating group) is 1. The van der Waals surface area contributed by atoms with Crippen molar-refractivity contribution in [1.29, 1.82) is 0 Å². The Kier molecular flexibility index (Phi) is 11.8. The molecule has 1 aromatic heterocycles. The third kappa shape index (κ3) is 8.64. The van der Waals surface area contributed by atoms with Crippen LogP contribution in [-0.2, 0) is 43.4 Å². The molecule has 0 radical (unpaired) electrons. The third-order valence-electron chi connectivity index (χ3n) is 9.34. The lowest BCUT2D eigenvalue weighted by molar-refractivity contribution is -0.143. The molecule has 50 heavy (non-hydrogen) atoms. The molecule has 5 N–H and O–H groups in total. The molecule has 1 aromatic carbocycles. The lowest BCUT2D eigenvalue weighted by atomic mass is 10.0. The van der Waals surface area contributed by atoms with E-state index in [1.165, 1.54) is 11.9 Å². The van der Waals surface area contributed by atoms with Crippen LogP contribution >= 0.6 is 0 Å². The van der Waals surface area contributed by atoms with Crippen LogP contribution in [0, 0.1) is 5.92 Å². The molecule has 2 fully saturated rings. The summed E-state index contributed by atoms with van der Waals surface area (Å²) in [6.07, 6.45) is 3.90. The number of aliphatic hydroxyl groups excluding tert-OH is 1. The van der Waals surface area contributed by atoms with Gasteiger partial charge in [0, 0.05) is 39.0 Å². The summed E-state index contributed by atoms with van der Waals surface area (Å²) in [4.78, 5) is 84.3. The van der Waals surface area contributed by atoms with Crippen molar-refractivity contribution in [2.24, 2.45) is 5.92 Å². The summed E-state index contributed by atoms with van der Waals surface area (Å²) in [5, 5.41) is 29.5. The average Bonchev–Trinajstić information content (AvgIpc) is 3.62. The molecule has 5 atom stereocenters. The summed E-state index contributed by atoms with van der Waals surface area (Å²) in [6, 6.07) is 3.65. The van der Waals surface area contributed by atoms with Crippen LogP contribution in [0.2, 0.25) is 0 Å². The first-order valence-electron chi connectivity index (χ1n) is 17.3. The van der Waals surface area contributed by atoms with E-state index in [4.69, 9.17) is 0 Å². The van der Waals surface area contributed by atoms with Crippen molar-refractivity contribution in [3.05, 3.63) is 47.5 Å². The maximum Gasteiger partial charge on any atom is 0.289 e. The van der Waals surface area contributed by atoms with Gasteiger partial charge in [0.25, 0.3) is 5.91 Å². The Hall–Kier alpha value is -4.86. The number of rotatable bonds is 7. The average molecular weight is 694 g/mol. The Bertz CT molecular complexity index is 1580. The van der Waals surface area contributed by atoms with E-state index in [-0.39, 0.29) is 37.5 Å². The van der Waals surface area contributed by atoms with E-state index in [1.54, 1.807) is 16.7 Å². The highest BCUT2D eigenvalue weighted by Gasteiger charge is 2.44. The molecule has 16 heteroatoms. The highest BCUT2D eigenvalue weighted by Crippen LogP contribution is 2.23. The molecule has 0 aliphatic carbocycles. The Morgan fingerprint density at radius 3 is 2.40 bits per heavy atom. The topological polar surface area (TPSA) is 208 Å². The molecule has 2 aromatic rings. The van der Waals surface area contributed by atoms with Gasteiger partial charge in [0.1, 0.15) is 30.0 Å². The molecule has 6 amide bonds. The van der Waals surface area contributed by atoms with Crippen LogP contribution in [0.25, 0.3) is 0 Å². The minimum atomic E-state index is -1.41. The summed E-state index contributed by atoms with van der Waals surface area (Å²) in [6.45, 7) is 3.11. The first-order chi connectivity index (χ1) is 23.9. The summed E-state index contributed by atoms with van der Waals surface area (Å²) in [5.74, 6) is -2.85. The van der Waals surface area contributed by atoms with Crippen molar-refractivity contribution in [2.75, 3.05) is 26.7 Å². The lowest BCUT2D eigenvalue weighted by Gasteiger charge is -2.30. The van der Waals surface area contributed by atoms with Gasteiger partial charge in [-0.2, -0.15) is 0 Å². The molecule has 270 valence electrons. The predicted molar refractivity (Wildman–Crippen MR) is 179 cm³/mol. The van der Waals surface area contributed by atoms with Crippen LogP contribution in [0.1, 0.15) is 68.0 Å². The Morgan fingerprint density at radius 2 is 1.68 bits per heavy atom. The zero-order valence-electron chi connectivity index (χ0n) is 28.8. The van der Waals surface area contributed by atoms with Crippen LogP contribution in [0.5, 0.6) is 0 Å². The zero-order chi connectivity index (χ0) is 35.9. The van der Waals surface area contributed by atoms with Crippen LogP contribution in [0.4, 0.5) is 0 Å². The molecular weight excluding hydrogens is 646 g/mol. The molecule has 0 unspecified atom stereocenters. The number of carbonyl (C=O) groups is 6. The van der Waals surface area contributed by atoms with Gasteiger partial charge in [-0.25, -0.2) is 0 Å². The number of benzene rings is 1. The highest BCUT2D eigenvalue weighted by molar-refractivity contribution is 5.98. The van der Waals surface area contributed by atoms with E-state index in [9.17, 15) is 33.9 Å².